The van der Waals surface area contributed by atoms with Crippen molar-refractivity contribution in [3.05, 3.63) is 0 Å². The first kappa shape index (κ1) is 10.1. The molecular formula is C13H24N2. The summed E-state index contributed by atoms with van der Waals surface area (Å²) in [5.74, 6) is 1.06. The van der Waals surface area contributed by atoms with Crippen LogP contribution in [-0.4, -0.2) is 36.6 Å². The van der Waals surface area contributed by atoms with Crippen LogP contribution in [0.2, 0.25) is 0 Å². The summed E-state index contributed by atoms with van der Waals surface area (Å²) in [6, 6.07) is 1.80. The van der Waals surface area contributed by atoms with Gasteiger partial charge in [0.1, 0.15) is 0 Å². The van der Waals surface area contributed by atoms with Gasteiger partial charge in [-0.15, -0.1) is 0 Å². The average Bonchev–Trinajstić information content (AvgIpc) is 2.89. The van der Waals surface area contributed by atoms with Crippen LogP contribution in [0.4, 0.5) is 0 Å². The van der Waals surface area contributed by atoms with Crippen LogP contribution in [-0.2, 0) is 0 Å². The Labute approximate surface area is 93.4 Å². The zero-order valence-electron chi connectivity index (χ0n) is 9.75. The molecule has 3 rings (SSSR count). The zero-order chi connectivity index (χ0) is 10.1. The van der Waals surface area contributed by atoms with Crippen LogP contribution < -0.4 is 5.32 Å². The van der Waals surface area contributed by atoms with E-state index in [4.69, 9.17) is 0 Å². The third-order valence-corrected chi connectivity index (χ3v) is 4.70. The Balaban J connectivity index is 1.42. The van der Waals surface area contributed by atoms with Gasteiger partial charge in [-0.3, -0.25) is 0 Å². The lowest BCUT2D eigenvalue weighted by molar-refractivity contribution is 0.197. The minimum absolute atomic E-state index is 0.831. The van der Waals surface area contributed by atoms with Crippen molar-refractivity contribution in [3.63, 3.8) is 0 Å². The zero-order valence-corrected chi connectivity index (χ0v) is 9.75. The molecule has 2 aliphatic heterocycles. The summed E-state index contributed by atoms with van der Waals surface area (Å²) >= 11 is 0. The fourth-order valence-electron chi connectivity index (χ4n) is 3.79. The number of fused-ring (bicyclic) bond motifs is 2. The summed E-state index contributed by atoms with van der Waals surface area (Å²) in [4.78, 5) is 2.77. The number of piperidine rings is 2. The van der Waals surface area contributed by atoms with E-state index in [2.05, 4.69) is 10.2 Å². The lowest BCUT2D eigenvalue weighted by Crippen LogP contribution is -2.39. The molecule has 1 N–H and O–H groups in total. The van der Waals surface area contributed by atoms with Gasteiger partial charge in [0.15, 0.2) is 0 Å². The maximum Gasteiger partial charge on any atom is 0.00986 e. The number of rotatable bonds is 3. The number of nitrogens with one attached hydrogen (secondary N) is 1. The molecule has 3 fully saturated rings. The van der Waals surface area contributed by atoms with Gasteiger partial charge in [0, 0.05) is 18.6 Å². The SMILES string of the molecule is C1CCC(CCN2CC3CCC2C3)NC1. The number of nitrogens with zero attached hydrogens (tertiary/aromatic N) is 1. The molecule has 2 bridgehead atoms. The Hall–Kier alpha value is -0.0800. The van der Waals surface area contributed by atoms with Gasteiger partial charge in [-0.05, 0) is 57.5 Å². The molecule has 1 saturated carbocycles. The predicted molar refractivity (Wildman–Crippen MR) is 63.0 cm³/mol. The molecule has 3 aliphatic rings. The highest BCUT2D eigenvalue weighted by Gasteiger charge is 2.37. The van der Waals surface area contributed by atoms with Crippen LogP contribution in [0.15, 0.2) is 0 Å². The molecule has 3 atom stereocenters. The molecule has 2 saturated heterocycles. The minimum atomic E-state index is 0.831. The van der Waals surface area contributed by atoms with E-state index in [1.54, 1.807) is 0 Å². The molecule has 2 nitrogen and oxygen atoms in total. The van der Waals surface area contributed by atoms with Crippen LogP contribution in [0.25, 0.3) is 0 Å². The second-order valence-corrected chi connectivity index (χ2v) is 5.76. The molecule has 1 aliphatic carbocycles. The van der Waals surface area contributed by atoms with Gasteiger partial charge in [0.05, 0.1) is 0 Å². The predicted octanol–water partition coefficient (Wildman–Crippen LogP) is 2.00. The average molecular weight is 208 g/mol. The van der Waals surface area contributed by atoms with E-state index in [0.717, 1.165) is 18.0 Å². The van der Waals surface area contributed by atoms with E-state index >= 15 is 0 Å². The molecule has 0 aromatic heterocycles. The van der Waals surface area contributed by atoms with Gasteiger partial charge in [0.25, 0.3) is 0 Å². The molecule has 0 spiro atoms. The first-order chi connectivity index (χ1) is 7.42. The second-order valence-electron chi connectivity index (χ2n) is 5.76. The molecule has 86 valence electrons. The lowest BCUT2D eigenvalue weighted by atomic mass is 10.0. The van der Waals surface area contributed by atoms with E-state index in [9.17, 15) is 0 Å². The number of hydrogen-bond acceptors (Lipinski definition) is 2. The van der Waals surface area contributed by atoms with Gasteiger partial charge < -0.3 is 10.2 Å². The Kier molecular flexibility index (Phi) is 2.98. The minimum Gasteiger partial charge on any atom is -0.314 e. The van der Waals surface area contributed by atoms with Crippen molar-refractivity contribution in [1.82, 2.24) is 10.2 Å². The summed E-state index contributed by atoms with van der Waals surface area (Å²) in [7, 11) is 0. The third-order valence-electron chi connectivity index (χ3n) is 4.70. The van der Waals surface area contributed by atoms with Crippen molar-refractivity contribution in [1.29, 1.82) is 0 Å². The smallest absolute Gasteiger partial charge is 0.00986 e. The first-order valence-corrected chi connectivity index (χ1v) is 6.89. The van der Waals surface area contributed by atoms with Gasteiger partial charge in [-0.2, -0.15) is 0 Å². The molecule has 3 unspecified atom stereocenters. The molecule has 2 heteroatoms. The summed E-state index contributed by atoms with van der Waals surface area (Å²) in [5.41, 5.74) is 0. The molecule has 15 heavy (non-hydrogen) atoms. The number of hydrogen-bond donors (Lipinski definition) is 1. The van der Waals surface area contributed by atoms with Crippen molar-refractivity contribution in [3.8, 4) is 0 Å². The van der Waals surface area contributed by atoms with Crippen LogP contribution >= 0.6 is 0 Å². The van der Waals surface area contributed by atoms with E-state index in [0.29, 0.717) is 0 Å². The monoisotopic (exact) mass is 208 g/mol. The summed E-state index contributed by atoms with van der Waals surface area (Å²) < 4.78 is 0. The van der Waals surface area contributed by atoms with Crippen LogP contribution in [0.1, 0.15) is 44.9 Å². The molecular weight excluding hydrogens is 184 g/mol. The van der Waals surface area contributed by atoms with Crippen molar-refractivity contribution < 1.29 is 0 Å². The highest BCUT2D eigenvalue weighted by molar-refractivity contribution is 4.92. The molecule has 0 aromatic carbocycles. The summed E-state index contributed by atoms with van der Waals surface area (Å²) in [6.45, 7) is 4.03. The van der Waals surface area contributed by atoms with Gasteiger partial charge in [-0.1, -0.05) is 6.42 Å². The number of likely N-dealkylation sites (tertiary alicyclic amines) is 1. The van der Waals surface area contributed by atoms with E-state index in [1.165, 1.54) is 64.6 Å². The Bertz CT molecular complexity index is 211. The molecule has 0 aromatic rings. The second kappa shape index (κ2) is 4.42. The Morgan fingerprint density at radius 3 is 2.80 bits per heavy atom. The van der Waals surface area contributed by atoms with Crippen molar-refractivity contribution >= 4 is 0 Å². The Morgan fingerprint density at radius 1 is 1.13 bits per heavy atom. The van der Waals surface area contributed by atoms with Gasteiger partial charge >= 0.3 is 0 Å². The van der Waals surface area contributed by atoms with Gasteiger partial charge in [0.2, 0.25) is 0 Å². The molecule has 0 radical (unpaired) electrons. The third kappa shape index (κ3) is 2.21. The van der Waals surface area contributed by atoms with Crippen LogP contribution in [0.5, 0.6) is 0 Å². The topological polar surface area (TPSA) is 15.3 Å². The summed E-state index contributed by atoms with van der Waals surface area (Å²) in [6.07, 6.45) is 10.2. The van der Waals surface area contributed by atoms with Crippen molar-refractivity contribution in [2.45, 2.75) is 57.0 Å². The van der Waals surface area contributed by atoms with Crippen LogP contribution in [0, 0.1) is 5.92 Å². The first-order valence-electron chi connectivity index (χ1n) is 6.89. The largest absolute Gasteiger partial charge is 0.314 e. The lowest BCUT2D eigenvalue weighted by Gasteiger charge is -2.30. The maximum atomic E-state index is 3.66. The normalized spacial score (nSPS) is 41.2. The van der Waals surface area contributed by atoms with E-state index in [1.807, 2.05) is 0 Å². The maximum absolute atomic E-state index is 3.66. The molecule has 2 heterocycles. The fraction of sp³-hybridized carbons (Fsp3) is 1.00. The Morgan fingerprint density at radius 2 is 2.13 bits per heavy atom. The van der Waals surface area contributed by atoms with Gasteiger partial charge in [-0.25, -0.2) is 0 Å². The van der Waals surface area contributed by atoms with Crippen molar-refractivity contribution in [2.24, 2.45) is 5.92 Å². The summed E-state index contributed by atoms with van der Waals surface area (Å²) in [5, 5.41) is 3.66. The van der Waals surface area contributed by atoms with Crippen LogP contribution in [0.3, 0.4) is 0 Å². The highest BCUT2D eigenvalue weighted by Crippen LogP contribution is 2.37. The fourth-order valence-corrected chi connectivity index (χ4v) is 3.79. The van der Waals surface area contributed by atoms with Crippen molar-refractivity contribution in [2.75, 3.05) is 19.6 Å². The van der Waals surface area contributed by atoms with E-state index < -0.39 is 0 Å². The standard InChI is InChI=1S/C13H24N2/c1-2-7-14-12(3-1)6-8-15-10-11-4-5-13(15)9-11/h11-14H,1-10H2. The molecule has 0 amide bonds. The highest BCUT2D eigenvalue weighted by atomic mass is 15.2. The quantitative estimate of drug-likeness (QED) is 0.763. The van der Waals surface area contributed by atoms with E-state index in [-0.39, 0.29) is 0 Å².